The molecule has 0 amide bonds. The first-order valence-corrected chi connectivity index (χ1v) is 8.66. The van der Waals surface area contributed by atoms with Crippen molar-refractivity contribution >= 4 is 23.3 Å². The number of benzene rings is 2. The van der Waals surface area contributed by atoms with Gasteiger partial charge in [0.05, 0.1) is 22.3 Å². The van der Waals surface area contributed by atoms with Gasteiger partial charge in [-0.1, -0.05) is 0 Å². The van der Waals surface area contributed by atoms with Crippen LogP contribution in [-0.2, 0) is 6.18 Å². The van der Waals surface area contributed by atoms with Gasteiger partial charge >= 0.3 is 6.18 Å². The van der Waals surface area contributed by atoms with Gasteiger partial charge in [0.15, 0.2) is 0 Å². The third-order valence-corrected chi connectivity index (χ3v) is 4.83. The molecule has 3 rings (SSSR count). The lowest BCUT2D eigenvalue weighted by atomic mass is 10.2. The fraction of sp³-hybridized carbons (Fsp3) is 0.333. The fourth-order valence-electron chi connectivity index (χ4n) is 2.59. The molecule has 0 saturated heterocycles. The molecule has 1 aliphatic rings. The second kappa shape index (κ2) is 6.71. The Hall–Kier alpha value is -2.02. The topological polar surface area (TPSA) is 15.7 Å². The molecule has 0 unspecified atom stereocenters. The maximum Gasteiger partial charge on any atom is 0.416 e. The van der Waals surface area contributed by atoms with Crippen molar-refractivity contribution in [1.29, 1.82) is 0 Å². The number of hydrogen-bond donors (Lipinski definition) is 0. The van der Waals surface area contributed by atoms with E-state index in [1.807, 2.05) is 43.4 Å². The number of fused-ring (bicyclic) bond motifs is 1. The molecule has 0 fully saturated rings. The molecule has 7 heteroatoms. The van der Waals surface area contributed by atoms with Crippen molar-refractivity contribution in [3.05, 3.63) is 48.0 Å². The van der Waals surface area contributed by atoms with E-state index in [-0.39, 0.29) is 6.10 Å². The summed E-state index contributed by atoms with van der Waals surface area (Å²) >= 11 is 1.51. The minimum Gasteiger partial charge on any atom is -0.491 e. The Bertz CT molecular complexity index is 747. The minimum atomic E-state index is -4.32. The van der Waals surface area contributed by atoms with Crippen LogP contribution in [-0.4, -0.2) is 19.8 Å². The standard InChI is InChI=1S/C18H19F3N2OS/c1-12(2)24-15-8-9-17-16(10-15)22(3)11-23(25-17)14-6-4-13(5-7-14)18(19,20)21/h4-10,12H,11H2,1-3H3. The largest absolute Gasteiger partial charge is 0.491 e. The highest BCUT2D eigenvalue weighted by Gasteiger charge is 2.30. The summed E-state index contributed by atoms with van der Waals surface area (Å²) in [5, 5.41) is 0. The van der Waals surface area contributed by atoms with Gasteiger partial charge in [-0.25, -0.2) is 0 Å². The maximum absolute atomic E-state index is 12.7. The summed E-state index contributed by atoms with van der Waals surface area (Å²) in [6.45, 7) is 4.52. The minimum absolute atomic E-state index is 0.100. The molecular weight excluding hydrogens is 349 g/mol. The van der Waals surface area contributed by atoms with Gasteiger partial charge in [-0.05, 0) is 62.2 Å². The van der Waals surface area contributed by atoms with Gasteiger partial charge in [0.2, 0.25) is 0 Å². The second-order valence-corrected chi connectivity index (χ2v) is 7.21. The molecule has 1 heterocycles. The third-order valence-electron chi connectivity index (χ3n) is 3.75. The molecule has 3 nitrogen and oxygen atoms in total. The van der Waals surface area contributed by atoms with Crippen LogP contribution in [0.25, 0.3) is 0 Å². The first-order valence-electron chi connectivity index (χ1n) is 7.88. The van der Waals surface area contributed by atoms with E-state index in [1.54, 1.807) is 0 Å². The van der Waals surface area contributed by atoms with Gasteiger partial charge in [-0.3, -0.25) is 4.31 Å². The van der Waals surface area contributed by atoms with Gasteiger partial charge in [-0.15, -0.1) is 0 Å². The zero-order valence-corrected chi connectivity index (χ0v) is 15.0. The van der Waals surface area contributed by atoms with Crippen molar-refractivity contribution in [3.63, 3.8) is 0 Å². The van der Waals surface area contributed by atoms with Crippen LogP contribution >= 0.6 is 11.9 Å². The molecule has 0 radical (unpaired) electrons. The summed E-state index contributed by atoms with van der Waals surface area (Å²) in [7, 11) is 1.95. The number of rotatable bonds is 3. The van der Waals surface area contributed by atoms with Crippen LogP contribution < -0.4 is 13.9 Å². The van der Waals surface area contributed by atoms with Gasteiger partial charge in [0, 0.05) is 18.8 Å². The monoisotopic (exact) mass is 368 g/mol. The molecule has 1 aliphatic heterocycles. The Kier molecular flexibility index (Phi) is 4.77. The number of alkyl halides is 3. The molecule has 2 aromatic carbocycles. The first kappa shape index (κ1) is 17.8. The summed E-state index contributed by atoms with van der Waals surface area (Å²) in [4.78, 5) is 3.08. The molecule has 0 aromatic heterocycles. The maximum atomic E-state index is 12.7. The predicted octanol–water partition coefficient (Wildman–Crippen LogP) is 5.41. The van der Waals surface area contributed by atoms with Crippen LogP contribution in [0, 0.1) is 0 Å². The highest BCUT2D eigenvalue weighted by molar-refractivity contribution is 8.00. The van der Waals surface area contributed by atoms with Crippen molar-refractivity contribution in [3.8, 4) is 5.75 Å². The molecule has 134 valence electrons. The van der Waals surface area contributed by atoms with Crippen molar-refractivity contribution in [1.82, 2.24) is 0 Å². The predicted molar refractivity (Wildman–Crippen MR) is 95.3 cm³/mol. The lowest BCUT2D eigenvalue weighted by molar-refractivity contribution is -0.137. The zero-order chi connectivity index (χ0) is 18.2. The van der Waals surface area contributed by atoms with Crippen LogP contribution in [0.15, 0.2) is 47.4 Å². The lowest BCUT2D eigenvalue weighted by Gasteiger charge is -2.36. The number of nitrogens with zero attached hydrogens (tertiary/aromatic N) is 2. The summed E-state index contributed by atoms with van der Waals surface area (Å²) in [5.74, 6) is 0.809. The van der Waals surface area contributed by atoms with Gasteiger partial charge in [0.25, 0.3) is 0 Å². The molecule has 2 aromatic rings. The number of halogens is 3. The van der Waals surface area contributed by atoms with E-state index < -0.39 is 11.7 Å². The van der Waals surface area contributed by atoms with Crippen LogP contribution in [0.3, 0.4) is 0 Å². The molecular formula is C18H19F3N2OS. The molecule has 0 bridgehead atoms. The van der Waals surface area contributed by atoms with Crippen molar-refractivity contribution in [2.24, 2.45) is 0 Å². The van der Waals surface area contributed by atoms with Crippen LogP contribution in [0.4, 0.5) is 24.5 Å². The Labute approximate surface area is 149 Å². The Balaban J connectivity index is 1.81. The number of hydrogen-bond acceptors (Lipinski definition) is 4. The smallest absolute Gasteiger partial charge is 0.416 e. The molecule has 0 spiro atoms. The van der Waals surface area contributed by atoms with Crippen molar-refractivity contribution < 1.29 is 17.9 Å². The lowest BCUT2D eigenvalue weighted by Crippen LogP contribution is -2.35. The molecule has 0 atom stereocenters. The van der Waals surface area contributed by atoms with E-state index in [0.717, 1.165) is 34.2 Å². The number of anilines is 2. The summed E-state index contributed by atoms with van der Waals surface area (Å²) < 4.78 is 45.8. The fourth-order valence-corrected chi connectivity index (χ4v) is 3.72. The summed E-state index contributed by atoms with van der Waals surface area (Å²) in [6, 6.07) is 11.1. The summed E-state index contributed by atoms with van der Waals surface area (Å²) in [5.41, 5.74) is 1.15. The molecule has 25 heavy (non-hydrogen) atoms. The third kappa shape index (κ3) is 3.98. The SMILES string of the molecule is CC(C)Oc1ccc2c(c1)N(C)CN(c1ccc(C(F)(F)F)cc1)S2. The summed E-state index contributed by atoms with van der Waals surface area (Å²) in [6.07, 6.45) is -4.22. The average molecular weight is 368 g/mol. The van der Waals surface area contributed by atoms with E-state index in [1.165, 1.54) is 24.1 Å². The van der Waals surface area contributed by atoms with E-state index in [9.17, 15) is 13.2 Å². The normalized spacial score (nSPS) is 14.7. The van der Waals surface area contributed by atoms with Gasteiger partial charge in [0.1, 0.15) is 12.4 Å². The second-order valence-electron chi connectivity index (χ2n) is 6.15. The van der Waals surface area contributed by atoms with Gasteiger partial charge < -0.3 is 9.64 Å². The van der Waals surface area contributed by atoms with E-state index in [2.05, 4.69) is 4.90 Å². The average Bonchev–Trinajstić information content (AvgIpc) is 2.54. The Morgan fingerprint density at radius 2 is 1.76 bits per heavy atom. The van der Waals surface area contributed by atoms with Crippen LogP contribution in [0.1, 0.15) is 19.4 Å². The quantitative estimate of drug-likeness (QED) is 0.673. The van der Waals surface area contributed by atoms with Crippen LogP contribution in [0.5, 0.6) is 5.75 Å². The highest BCUT2D eigenvalue weighted by Crippen LogP contribution is 2.42. The molecule has 0 saturated carbocycles. The highest BCUT2D eigenvalue weighted by atomic mass is 32.2. The van der Waals surface area contributed by atoms with E-state index in [4.69, 9.17) is 4.74 Å². The Morgan fingerprint density at radius 1 is 1.08 bits per heavy atom. The molecule has 0 N–H and O–H groups in total. The zero-order valence-electron chi connectivity index (χ0n) is 14.2. The van der Waals surface area contributed by atoms with Crippen molar-refractivity contribution in [2.75, 3.05) is 22.9 Å². The Morgan fingerprint density at radius 3 is 2.36 bits per heavy atom. The van der Waals surface area contributed by atoms with E-state index >= 15 is 0 Å². The molecule has 0 aliphatic carbocycles. The van der Waals surface area contributed by atoms with Gasteiger partial charge in [-0.2, -0.15) is 13.2 Å². The van der Waals surface area contributed by atoms with Crippen LogP contribution in [0.2, 0.25) is 0 Å². The van der Waals surface area contributed by atoms with E-state index in [0.29, 0.717) is 6.67 Å². The number of ether oxygens (including phenoxy) is 1. The van der Waals surface area contributed by atoms with Crippen molar-refractivity contribution in [2.45, 2.75) is 31.0 Å². The first-order chi connectivity index (χ1) is 11.7.